The smallest absolute Gasteiger partial charge is 0.161 e. The highest BCUT2D eigenvalue weighted by Gasteiger charge is 2.39. The van der Waals surface area contributed by atoms with E-state index in [1.807, 2.05) is 12.1 Å². The molecule has 0 atom stereocenters. The van der Waals surface area contributed by atoms with Crippen molar-refractivity contribution in [2.24, 2.45) is 5.41 Å². The van der Waals surface area contributed by atoms with Crippen LogP contribution in [0.2, 0.25) is 0 Å². The number of aryl methyl sites for hydroxylation is 1. The number of hydrogen-bond acceptors (Lipinski definition) is 5. The monoisotopic (exact) mass is 309 g/mol. The molecular formula is C18H23N5. The molecule has 23 heavy (non-hydrogen) atoms. The van der Waals surface area contributed by atoms with Gasteiger partial charge < -0.3 is 10.2 Å². The average molecular weight is 309 g/mol. The Kier molecular flexibility index (Phi) is 3.73. The van der Waals surface area contributed by atoms with Gasteiger partial charge in [-0.3, -0.25) is 4.98 Å². The first-order valence-electron chi connectivity index (χ1n) is 8.52. The number of hydrogen-bond donors (Lipinski definition) is 1. The Morgan fingerprint density at radius 2 is 1.87 bits per heavy atom. The summed E-state index contributed by atoms with van der Waals surface area (Å²) < 4.78 is 0. The van der Waals surface area contributed by atoms with Crippen LogP contribution in [0.3, 0.4) is 0 Å². The Balaban J connectivity index is 1.61. The lowest BCUT2D eigenvalue weighted by molar-refractivity contribution is 0.126. The SMILES string of the molecule is CCc1cc(N2CCC3(CC2)CNC3)nc(-c2ccncc2)n1. The summed E-state index contributed by atoms with van der Waals surface area (Å²) in [5.41, 5.74) is 2.70. The summed E-state index contributed by atoms with van der Waals surface area (Å²) in [4.78, 5) is 16.0. The highest BCUT2D eigenvalue weighted by molar-refractivity contribution is 5.57. The molecule has 1 N–H and O–H groups in total. The molecule has 0 bridgehead atoms. The zero-order valence-corrected chi connectivity index (χ0v) is 13.6. The van der Waals surface area contributed by atoms with Crippen molar-refractivity contribution >= 4 is 5.82 Å². The molecule has 5 nitrogen and oxygen atoms in total. The molecule has 0 unspecified atom stereocenters. The van der Waals surface area contributed by atoms with Gasteiger partial charge in [0.1, 0.15) is 5.82 Å². The molecule has 4 heterocycles. The zero-order valence-electron chi connectivity index (χ0n) is 13.6. The Labute approximate surface area is 137 Å². The lowest BCUT2D eigenvalue weighted by atomic mass is 9.73. The zero-order chi connectivity index (χ0) is 15.7. The highest BCUT2D eigenvalue weighted by atomic mass is 15.2. The lowest BCUT2D eigenvalue weighted by Crippen LogP contribution is -2.58. The van der Waals surface area contributed by atoms with Gasteiger partial charge in [0.25, 0.3) is 0 Å². The Morgan fingerprint density at radius 1 is 1.13 bits per heavy atom. The first-order chi connectivity index (χ1) is 11.3. The second kappa shape index (κ2) is 5.89. The van der Waals surface area contributed by atoms with Gasteiger partial charge in [0.15, 0.2) is 5.82 Å². The van der Waals surface area contributed by atoms with Crippen LogP contribution >= 0.6 is 0 Å². The van der Waals surface area contributed by atoms with Crippen LogP contribution in [-0.4, -0.2) is 41.1 Å². The van der Waals surface area contributed by atoms with Gasteiger partial charge in [-0.25, -0.2) is 9.97 Å². The summed E-state index contributed by atoms with van der Waals surface area (Å²) in [7, 11) is 0. The van der Waals surface area contributed by atoms with Crippen molar-refractivity contribution < 1.29 is 0 Å². The molecule has 0 aliphatic carbocycles. The second-order valence-electron chi connectivity index (χ2n) is 6.72. The van der Waals surface area contributed by atoms with Gasteiger partial charge in [0.2, 0.25) is 0 Å². The summed E-state index contributed by atoms with van der Waals surface area (Å²) in [5.74, 6) is 1.89. The predicted octanol–water partition coefficient (Wildman–Crippen LogP) is 2.29. The van der Waals surface area contributed by atoms with Gasteiger partial charge in [-0.15, -0.1) is 0 Å². The van der Waals surface area contributed by atoms with Crippen LogP contribution in [0.5, 0.6) is 0 Å². The molecule has 0 aromatic carbocycles. The van der Waals surface area contributed by atoms with Crippen molar-refractivity contribution in [2.75, 3.05) is 31.1 Å². The quantitative estimate of drug-likeness (QED) is 0.943. The largest absolute Gasteiger partial charge is 0.356 e. The molecule has 2 saturated heterocycles. The number of rotatable bonds is 3. The maximum Gasteiger partial charge on any atom is 0.161 e. The number of pyridine rings is 1. The van der Waals surface area contributed by atoms with Crippen molar-refractivity contribution in [3.8, 4) is 11.4 Å². The molecule has 2 aromatic heterocycles. The number of piperidine rings is 1. The van der Waals surface area contributed by atoms with E-state index in [4.69, 9.17) is 9.97 Å². The van der Waals surface area contributed by atoms with Crippen molar-refractivity contribution in [1.82, 2.24) is 20.3 Å². The fourth-order valence-corrected chi connectivity index (χ4v) is 3.50. The van der Waals surface area contributed by atoms with Crippen molar-refractivity contribution in [2.45, 2.75) is 26.2 Å². The first-order valence-corrected chi connectivity index (χ1v) is 8.52. The van der Waals surface area contributed by atoms with E-state index < -0.39 is 0 Å². The Morgan fingerprint density at radius 3 is 2.48 bits per heavy atom. The van der Waals surface area contributed by atoms with Gasteiger partial charge in [-0.1, -0.05) is 6.92 Å². The molecule has 2 fully saturated rings. The van der Waals surface area contributed by atoms with Gasteiger partial charge in [0.05, 0.1) is 0 Å². The minimum Gasteiger partial charge on any atom is -0.356 e. The van der Waals surface area contributed by atoms with Crippen LogP contribution in [0.15, 0.2) is 30.6 Å². The van der Waals surface area contributed by atoms with Gasteiger partial charge >= 0.3 is 0 Å². The molecule has 0 radical (unpaired) electrons. The summed E-state index contributed by atoms with van der Waals surface area (Å²) in [6.45, 7) is 6.71. The molecule has 2 aromatic rings. The normalized spacial score (nSPS) is 19.6. The van der Waals surface area contributed by atoms with Crippen molar-refractivity contribution in [1.29, 1.82) is 0 Å². The molecule has 0 amide bonds. The third kappa shape index (κ3) is 2.81. The number of nitrogens with one attached hydrogen (secondary N) is 1. The molecule has 0 saturated carbocycles. The van der Waals surface area contributed by atoms with E-state index in [0.29, 0.717) is 5.41 Å². The van der Waals surface area contributed by atoms with Crippen molar-refractivity contribution in [3.05, 3.63) is 36.3 Å². The maximum atomic E-state index is 4.84. The van der Waals surface area contributed by atoms with Crippen LogP contribution < -0.4 is 10.2 Å². The standard InChI is InChI=1S/C18H23N5/c1-2-15-11-16(22-17(21-15)14-3-7-19-8-4-14)23-9-5-18(6-10-23)12-20-13-18/h3-4,7-8,11,20H,2,5-6,9-10,12-13H2,1H3. The van der Waals surface area contributed by atoms with Gasteiger partial charge in [-0.05, 0) is 36.8 Å². The fraction of sp³-hybridized carbons (Fsp3) is 0.500. The second-order valence-corrected chi connectivity index (χ2v) is 6.72. The fourth-order valence-electron chi connectivity index (χ4n) is 3.50. The average Bonchev–Trinajstić information content (AvgIpc) is 2.61. The number of anilines is 1. The third-order valence-electron chi connectivity index (χ3n) is 5.21. The number of nitrogens with zero attached hydrogens (tertiary/aromatic N) is 4. The molecule has 2 aliphatic rings. The molecule has 5 heteroatoms. The highest BCUT2D eigenvalue weighted by Crippen LogP contribution is 2.36. The van der Waals surface area contributed by atoms with Crippen LogP contribution in [0.4, 0.5) is 5.82 Å². The van der Waals surface area contributed by atoms with Gasteiger partial charge in [-0.2, -0.15) is 0 Å². The predicted molar refractivity (Wildman–Crippen MR) is 91.4 cm³/mol. The van der Waals surface area contributed by atoms with E-state index in [9.17, 15) is 0 Å². The molecule has 4 rings (SSSR count). The van der Waals surface area contributed by atoms with E-state index in [1.54, 1.807) is 12.4 Å². The van der Waals surface area contributed by atoms with Crippen molar-refractivity contribution in [3.63, 3.8) is 0 Å². The van der Waals surface area contributed by atoms with Crippen LogP contribution in [0.25, 0.3) is 11.4 Å². The molecular weight excluding hydrogens is 286 g/mol. The maximum absolute atomic E-state index is 4.84. The first kappa shape index (κ1) is 14.6. The summed E-state index contributed by atoms with van der Waals surface area (Å²) in [6, 6.07) is 6.11. The summed E-state index contributed by atoms with van der Waals surface area (Å²) >= 11 is 0. The lowest BCUT2D eigenvalue weighted by Gasteiger charge is -2.48. The van der Waals surface area contributed by atoms with E-state index >= 15 is 0 Å². The Bertz CT molecular complexity index is 671. The van der Waals surface area contributed by atoms with E-state index in [0.717, 1.165) is 42.4 Å². The van der Waals surface area contributed by atoms with Gasteiger partial charge in [0, 0.05) is 55.9 Å². The minimum atomic E-state index is 0.561. The van der Waals surface area contributed by atoms with E-state index in [1.165, 1.54) is 25.9 Å². The molecule has 1 spiro atoms. The number of aromatic nitrogens is 3. The van der Waals surface area contributed by atoms with Crippen LogP contribution in [0, 0.1) is 5.41 Å². The van der Waals surface area contributed by atoms with E-state index in [-0.39, 0.29) is 0 Å². The molecule has 120 valence electrons. The molecule has 2 aliphatic heterocycles. The van der Waals surface area contributed by atoms with E-state index in [2.05, 4.69) is 28.2 Å². The summed E-state index contributed by atoms with van der Waals surface area (Å²) in [6.07, 6.45) is 7.04. The topological polar surface area (TPSA) is 53.9 Å². The van der Waals surface area contributed by atoms with Crippen LogP contribution in [0.1, 0.15) is 25.5 Å². The summed E-state index contributed by atoms with van der Waals surface area (Å²) in [5, 5.41) is 3.43. The van der Waals surface area contributed by atoms with Crippen LogP contribution in [-0.2, 0) is 6.42 Å². The Hall–Kier alpha value is -2.01. The third-order valence-corrected chi connectivity index (χ3v) is 5.21. The minimum absolute atomic E-state index is 0.561.